The van der Waals surface area contributed by atoms with Crippen molar-refractivity contribution in [3.63, 3.8) is 0 Å². The Morgan fingerprint density at radius 2 is 2.00 bits per heavy atom. The van der Waals surface area contributed by atoms with Crippen molar-refractivity contribution in [1.29, 1.82) is 0 Å². The minimum absolute atomic E-state index is 0.143. The SMILES string of the molecule is COc1c(-c2cc3ccccc3nc2N2CCCC(F)(F)CC2)[nH]c2ccncc2c1=O. The van der Waals surface area contributed by atoms with Gasteiger partial charge in [-0.2, -0.15) is 0 Å². The molecule has 1 aromatic carbocycles. The minimum Gasteiger partial charge on any atom is -0.491 e. The summed E-state index contributed by atoms with van der Waals surface area (Å²) in [6, 6.07) is 11.3. The molecule has 0 amide bonds. The van der Waals surface area contributed by atoms with Gasteiger partial charge in [0, 0.05) is 49.3 Å². The third-order valence-corrected chi connectivity index (χ3v) is 5.95. The van der Waals surface area contributed by atoms with E-state index in [0.29, 0.717) is 40.9 Å². The van der Waals surface area contributed by atoms with Crippen molar-refractivity contribution in [2.45, 2.75) is 25.2 Å². The summed E-state index contributed by atoms with van der Waals surface area (Å²) in [6.45, 7) is 0.632. The molecule has 164 valence electrons. The second kappa shape index (κ2) is 7.85. The molecule has 0 spiro atoms. The second-order valence-electron chi connectivity index (χ2n) is 8.03. The van der Waals surface area contributed by atoms with Gasteiger partial charge in [-0.05, 0) is 24.6 Å². The predicted octanol–water partition coefficient (Wildman–Crippen LogP) is 4.77. The van der Waals surface area contributed by atoms with Gasteiger partial charge in [0.2, 0.25) is 11.4 Å². The topological polar surface area (TPSA) is 71.1 Å². The van der Waals surface area contributed by atoms with E-state index in [1.165, 1.54) is 13.3 Å². The number of hydrogen-bond donors (Lipinski definition) is 1. The number of nitrogens with zero attached hydrogens (tertiary/aromatic N) is 3. The molecule has 0 bridgehead atoms. The zero-order chi connectivity index (χ0) is 22.3. The van der Waals surface area contributed by atoms with Crippen molar-refractivity contribution in [1.82, 2.24) is 15.0 Å². The number of alkyl halides is 2. The zero-order valence-corrected chi connectivity index (χ0v) is 17.6. The van der Waals surface area contributed by atoms with Gasteiger partial charge < -0.3 is 14.6 Å². The molecule has 1 aliphatic rings. The number of anilines is 1. The molecule has 1 fully saturated rings. The molecule has 0 unspecified atom stereocenters. The number of nitrogens with one attached hydrogen (secondary N) is 1. The van der Waals surface area contributed by atoms with Crippen LogP contribution < -0.4 is 15.1 Å². The lowest BCUT2D eigenvalue weighted by molar-refractivity contribution is -0.0102. The fourth-order valence-electron chi connectivity index (χ4n) is 4.30. The average molecular weight is 436 g/mol. The molecule has 0 saturated carbocycles. The van der Waals surface area contributed by atoms with Crippen molar-refractivity contribution >= 4 is 27.6 Å². The molecule has 0 atom stereocenters. The first-order valence-electron chi connectivity index (χ1n) is 10.5. The number of pyridine rings is 3. The van der Waals surface area contributed by atoms with E-state index >= 15 is 0 Å². The molecule has 4 heterocycles. The van der Waals surface area contributed by atoms with Crippen LogP contribution in [0.4, 0.5) is 14.6 Å². The summed E-state index contributed by atoms with van der Waals surface area (Å²) < 4.78 is 33.6. The van der Waals surface area contributed by atoms with Crippen molar-refractivity contribution in [3.05, 3.63) is 59.0 Å². The molecule has 4 aromatic rings. The van der Waals surface area contributed by atoms with Gasteiger partial charge in [-0.3, -0.25) is 9.78 Å². The van der Waals surface area contributed by atoms with Gasteiger partial charge in [0.1, 0.15) is 5.82 Å². The van der Waals surface area contributed by atoms with Crippen molar-refractivity contribution in [3.8, 4) is 17.0 Å². The monoisotopic (exact) mass is 436 g/mol. The maximum Gasteiger partial charge on any atom is 0.249 e. The Bertz CT molecular complexity index is 1370. The number of benzene rings is 1. The molecular formula is C24H22F2N4O2. The Balaban J connectivity index is 1.77. The first-order valence-corrected chi connectivity index (χ1v) is 10.5. The number of rotatable bonds is 3. The maximum absolute atomic E-state index is 14.1. The molecule has 8 heteroatoms. The van der Waals surface area contributed by atoms with E-state index in [-0.39, 0.29) is 30.6 Å². The summed E-state index contributed by atoms with van der Waals surface area (Å²) in [5.74, 6) is -1.99. The zero-order valence-electron chi connectivity index (χ0n) is 17.6. The molecule has 0 radical (unpaired) electrons. The second-order valence-corrected chi connectivity index (χ2v) is 8.03. The Morgan fingerprint density at radius 1 is 1.16 bits per heavy atom. The lowest BCUT2D eigenvalue weighted by Crippen LogP contribution is -2.27. The number of halogens is 2. The van der Waals surface area contributed by atoms with Gasteiger partial charge in [-0.15, -0.1) is 0 Å². The smallest absolute Gasteiger partial charge is 0.249 e. The number of H-pyrrole nitrogens is 1. The van der Waals surface area contributed by atoms with Gasteiger partial charge in [0.25, 0.3) is 0 Å². The van der Waals surface area contributed by atoms with E-state index in [1.807, 2.05) is 35.2 Å². The van der Waals surface area contributed by atoms with Crippen molar-refractivity contribution in [2.24, 2.45) is 0 Å². The highest BCUT2D eigenvalue weighted by molar-refractivity contribution is 5.92. The Hall–Kier alpha value is -3.55. The highest BCUT2D eigenvalue weighted by atomic mass is 19.3. The minimum atomic E-state index is -2.69. The van der Waals surface area contributed by atoms with Crippen LogP contribution in [0.3, 0.4) is 0 Å². The van der Waals surface area contributed by atoms with Crippen LogP contribution in [-0.4, -0.2) is 41.1 Å². The van der Waals surface area contributed by atoms with Crippen LogP contribution in [0.2, 0.25) is 0 Å². The number of para-hydroxylation sites is 1. The van der Waals surface area contributed by atoms with Crippen LogP contribution in [0.25, 0.3) is 33.1 Å². The third kappa shape index (κ3) is 3.55. The van der Waals surface area contributed by atoms with Crippen LogP contribution in [-0.2, 0) is 0 Å². The highest BCUT2D eigenvalue weighted by Gasteiger charge is 2.33. The Morgan fingerprint density at radius 3 is 2.84 bits per heavy atom. The lowest BCUT2D eigenvalue weighted by Gasteiger charge is -2.25. The predicted molar refractivity (Wildman–Crippen MR) is 121 cm³/mol. The molecule has 5 rings (SSSR count). The molecule has 1 saturated heterocycles. The first-order chi connectivity index (χ1) is 15.5. The quantitative estimate of drug-likeness (QED) is 0.501. The van der Waals surface area contributed by atoms with E-state index < -0.39 is 5.92 Å². The molecule has 32 heavy (non-hydrogen) atoms. The summed E-state index contributed by atoms with van der Waals surface area (Å²) in [5.41, 5.74) is 2.20. The van der Waals surface area contributed by atoms with E-state index in [0.717, 1.165) is 10.9 Å². The van der Waals surface area contributed by atoms with Gasteiger partial charge >= 0.3 is 0 Å². The normalized spacial score (nSPS) is 16.3. The number of fused-ring (bicyclic) bond motifs is 2. The number of methoxy groups -OCH3 is 1. The number of ether oxygens (including phenoxy) is 1. The summed E-state index contributed by atoms with van der Waals surface area (Å²) in [6.07, 6.45) is 3.08. The van der Waals surface area contributed by atoms with Crippen LogP contribution >= 0.6 is 0 Å². The molecular weight excluding hydrogens is 414 g/mol. The molecule has 6 nitrogen and oxygen atoms in total. The summed E-state index contributed by atoms with van der Waals surface area (Å²) in [5, 5.41) is 1.29. The summed E-state index contributed by atoms with van der Waals surface area (Å²) in [7, 11) is 1.44. The van der Waals surface area contributed by atoms with Crippen LogP contribution in [0.5, 0.6) is 5.75 Å². The first kappa shape index (κ1) is 20.4. The molecule has 0 aliphatic carbocycles. The standard InChI is InChI=1S/C24H22F2N4O2/c1-32-22-20(28-19-7-10-27-14-17(19)21(22)31)16-13-15-5-2-3-6-18(15)29-23(16)30-11-4-8-24(25,26)9-12-30/h2-3,5-7,10,13-14H,4,8-9,11-12H2,1H3,(H,28,31). The lowest BCUT2D eigenvalue weighted by atomic mass is 10.1. The number of hydrogen-bond acceptors (Lipinski definition) is 5. The van der Waals surface area contributed by atoms with Gasteiger partial charge in [-0.25, -0.2) is 13.8 Å². The Kier molecular flexibility index (Phi) is 5.00. The van der Waals surface area contributed by atoms with Crippen LogP contribution in [0.15, 0.2) is 53.6 Å². The van der Waals surface area contributed by atoms with Crippen molar-refractivity contribution in [2.75, 3.05) is 25.1 Å². The summed E-state index contributed by atoms with van der Waals surface area (Å²) in [4.78, 5) is 27.2. The van der Waals surface area contributed by atoms with E-state index in [2.05, 4.69) is 9.97 Å². The molecule has 3 aromatic heterocycles. The Labute approximate surface area is 182 Å². The molecule has 1 aliphatic heterocycles. The summed E-state index contributed by atoms with van der Waals surface area (Å²) >= 11 is 0. The number of aromatic nitrogens is 3. The van der Waals surface area contributed by atoms with E-state index in [9.17, 15) is 13.6 Å². The highest BCUT2D eigenvalue weighted by Crippen LogP contribution is 2.38. The largest absolute Gasteiger partial charge is 0.491 e. The maximum atomic E-state index is 14.1. The molecule has 1 N–H and O–H groups in total. The van der Waals surface area contributed by atoms with Gasteiger partial charge in [0.15, 0.2) is 5.75 Å². The van der Waals surface area contributed by atoms with E-state index in [1.54, 1.807) is 12.3 Å². The van der Waals surface area contributed by atoms with Crippen LogP contribution in [0, 0.1) is 0 Å². The fraction of sp³-hybridized carbons (Fsp3) is 0.292. The van der Waals surface area contributed by atoms with Crippen molar-refractivity contribution < 1.29 is 13.5 Å². The third-order valence-electron chi connectivity index (χ3n) is 5.95. The average Bonchev–Trinajstić information content (AvgIpc) is 2.98. The number of aromatic amines is 1. The van der Waals surface area contributed by atoms with Crippen LogP contribution in [0.1, 0.15) is 19.3 Å². The van der Waals surface area contributed by atoms with Gasteiger partial charge in [0.05, 0.1) is 29.2 Å². The van der Waals surface area contributed by atoms with Gasteiger partial charge in [-0.1, -0.05) is 18.2 Å². The van der Waals surface area contributed by atoms with E-state index in [4.69, 9.17) is 9.72 Å². The fourth-order valence-corrected chi connectivity index (χ4v) is 4.30.